The molecule has 2 heterocycles. The second-order valence-electron chi connectivity index (χ2n) is 7.24. The molecule has 0 N–H and O–H groups in total. The smallest absolute Gasteiger partial charge is 0.332 e. The van der Waals surface area contributed by atoms with E-state index in [0.717, 1.165) is 11.3 Å². The van der Waals surface area contributed by atoms with Gasteiger partial charge in [0, 0.05) is 0 Å². The first kappa shape index (κ1) is 17.7. The number of methoxy groups -OCH3 is 1. The normalized spacial score (nSPS) is 14.8. The van der Waals surface area contributed by atoms with Crippen LogP contribution in [0.1, 0.15) is 19.4 Å². The number of halogens is 1. The summed E-state index contributed by atoms with van der Waals surface area (Å²) in [5.74, 6) is 1.10. The summed E-state index contributed by atoms with van der Waals surface area (Å²) in [5.41, 5.74) is -0.0474. The van der Waals surface area contributed by atoms with Gasteiger partial charge in [0.15, 0.2) is 5.75 Å². The third-order valence-electron chi connectivity index (χ3n) is 4.71. The lowest BCUT2D eigenvalue weighted by molar-refractivity contribution is 0.0788. The molecular weight excluding hydrogens is 368 g/mol. The van der Waals surface area contributed by atoms with Crippen LogP contribution in [0.2, 0.25) is 5.02 Å². The van der Waals surface area contributed by atoms with Crippen LogP contribution < -0.4 is 20.7 Å². The molecule has 4 rings (SSSR count). The van der Waals surface area contributed by atoms with Gasteiger partial charge < -0.3 is 9.47 Å². The van der Waals surface area contributed by atoms with Crippen molar-refractivity contribution in [3.8, 4) is 11.5 Å². The van der Waals surface area contributed by atoms with E-state index in [0.29, 0.717) is 28.2 Å². The molecular formula is C20H19ClN2O4. The fourth-order valence-corrected chi connectivity index (χ4v) is 3.64. The second-order valence-corrected chi connectivity index (χ2v) is 7.65. The Morgan fingerprint density at radius 1 is 1.15 bits per heavy atom. The van der Waals surface area contributed by atoms with Gasteiger partial charge in [0.25, 0.3) is 5.56 Å². The van der Waals surface area contributed by atoms with E-state index in [4.69, 9.17) is 21.1 Å². The molecule has 0 spiro atoms. The lowest BCUT2D eigenvalue weighted by Gasteiger charge is -2.34. The topological polar surface area (TPSA) is 62.5 Å². The molecule has 0 fully saturated rings. The molecule has 0 saturated carbocycles. The van der Waals surface area contributed by atoms with Crippen molar-refractivity contribution in [1.82, 2.24) is 9.13 Å². The standard InChI is InChI=1S/C20H19ClN2O4/c1-20(2)11-23-16-14(8-9-15(21)17(16)27-20)18(24)22(19(23)25)10-12-4-6-13(26-3)7-5-12/h4-9H,10-11H2,1-3H3. The fraction of sp³-hybridized carbons (Fsp3) is 0.300. The molecule has 2 aromatic carbocycles. The largest absolute Gasteiger partial charge is 0.497 e. The molecule has 1 aliphatic heterocycles. The van der Waals surface area contributed by atoms with E-state index in [-0.39, 0.29) is 17.8 Å². The summed E-state index contributed by atoms with van der Waals surface area (Å²) in [7, 11) is 1.59. The number of hydrogen-bond donors (Lipinski definition) is 0. The van der Waals surface area contributed by atoms with Crippen LogP contribution in [0.4, 0.5) is 0 Å². The molecule has 0 bridgehead atoms. The van der Waals surface area contributed by atoms with Gasteiger partial charge in [0.2, 0.25) is 0 Å². The minimum Gasteiger partial charge on any atom is -0.497 e. The lowest BCUT2D eigenvalue weighted by atomic mass is 10.1. The van der Waals surface area contributed by atoms with Gasteiger partial charge in [-0.25, -0.2) is 4.79 Å². The van der Waals surface area contributed by atoms with Crippen molar-refractivity contribution in [2.75, 3.05) is 7.11 Å². The molecule has 0 saturated heterocycles. The van der Waals surface area contributed by atoms with Gasteiger partial charge in [0.1, 0.15) is 16.9 Å². The predicted molar refractivity (Wildman–Crippen MR) is 104 cm³/mol. The third-order valence-corrected chi connectivity index (χ3v) is 5.01. The Kier molecular flexibility index (Phi) is 4.03. The molecule has 1 aliphatic rings. The molecule has 0 radical (unpaired) electrons. The van der Waals surface area contributed by atoms with Crippen molar-refractivity contribution in [2.24, 2.45) is 0 Å². The van der Waals surface area contributed by atoms with Gasteiger partial charge in [-0.15, -0.1) is 0 Å². The van der Waals surface area contributed by atoms with Crippen LogP contribution in [0.25, 0.3) is 10.9 Å². The highest BCUT2D eigenvalue weighted by atomic mass is 35.5. The van der Waals surface area contributed by atoms with Crippen LogP contribution in [0.5, 0.6) is 11.5 Å². The van der Waals surface area contributed by atoms with Crippen molar-refractivity contribution in [3.63, 3.8) is 0 Å². The second kappa shape index (κ2) is 6.16. The van der Waals surface area contributed by atoms with Gasteiger partial charge >= 0.3 is 5.69 Å². The van der Waals surface area contributed by atoms with Crippen molar-refractivity contribution in [3.05, 3.63) is 67.8 Å². The van der Waals surface area contributed by atoms with Crippen molar-refractivity contribution in [1.29, 1.82) is 0 Å². The molecule has 1 aromatic heterocycles. The Morgan fingerprint density at radius 3 is 2.52 bits per heavy atom. The van der Waals surface area contributed by atoms with Gasteiger partial charge in [-0.2, -0.15) is 0 Å². The van der Waals surface area contributed by atoms with E-state index < -0.39 is 5.60 Å². The van der Waals surface area contributed by atoms with Crippen molar-refractivity contribution < 1.29 is 9.47 Å². The first-order chi connectivity index (χ1) is 12.8. The maximum absolute atomic E-state index is 13.2. The van der Waals surface area contributed by atoms with Crippen LogP contribution in [0, 0.1) is 0 Å². The molecule has 3 aromatic rings. The summed E-state index contributed by atoms with van der Waals surface area (Å²) in [6, 6.07) is 10.6. The Morgan fingerprint density at radius 2 is 1.85 bits per heavy atom. The average molecular weight is 387 g/mol. The van der Waals surface area contributed by atoms with Crippen LogP contribution in [0.3, 0.4) is 0 Å². The summed E-state index contributed by atoms with van der Waals surface area (Å²) in [4.78, 5) is 26.2. The molecule has 0 atom stereocenters. The minimum absolute atomic E-state index is 0.177. The average Bonchev–Trinajstić information content (AvgIpc) is 2.64. The van der Waals surface area contributed by atoms with Crippen molar-refractivity contribution in [2.45, 2.75) is 32.5 Å². The minimum atomic E-state index is -0.614. The van der Waals surface area contributed by atoms with E-state index in [9.17, 15) is 9.59 Å². The monoisotopic (exact) mass is 386 g/mol. The predicted octanol–water partition coefficient (Wildman–Crippen LogP) is 3.04. The van der Waals surface area contributed by atoms with Gasteiger partial charge in [-0.1, -0.05) is 23.7 Å². The van der Waals surface area contributed by atoms with Gasteiger partial charge in [0.05, 0.1) is 30.6 Å². The highest BCUT2D eigenvalue weighted by molar-refractivity contribution is 6.33. The van der Waals surface area contributed by atoms with E-state index in [1.165, 1.54) is 4.57 Å². The number of nitrogens with zero attached hydrogens (tertiary/aromatic N) is 2. The number of ether oxygens (including phenoxy) is 2. The molecule has 0 aliphatic carbocycles. The van der Waals surface area contributed by atoms with Crippen molar-refractivity contribution >= 4 is 22.5 Å². The maximum Gasteiger partial charge on any atom is 0.332 e. The van der Waals surface area contributed by atoms with Crippen LogP contribution in [-0.4, -0.2) is 21.8 Å². The highest BCUT2D eigenvalue weighted by Crippen LogP contribution is 2.37. The Hall–Kier alpha value is -2.73. The lowest BCUT2D eigenvalue weighted by Crippen LogP contribution is -2.47. The molecule has 27 heavy (non-hydrogen) atoms. The SMILES string of the molecule is COc1ccc(Cn2c(=O)c3ccc(Cl)c4c3n(c2=O)CC(C)(C)O4)cc1. The summed E-state index contributed by atoms with van der Waals surface area (Å²) in [6.45, 7) is 4.28. The van der Waals surface area contributed by atoms with Crippen LogP contribution in [-0.2, 0) is 13.1 Å². The Bertz CT molecular complexity index is 1160. The number of rotatable bonds is 3. The quantitative estimate of drug-likeness (QED) is 0.694. The Balaban J connectivity index is 1.94. The molecule has 140 valence electrons. The van der Waals surface area contributed by atoms with Gasteiger partial charge in [-0.05, 0) is 43.7 Å². The summed E-state index contributed by atoms with van der Waals surface area (Å²) < 4.78 is 14.0. The number of hydrogen-bond acceptors (Lipinski definition) is 4. The first-order valence-corrected chi connectivity index (χ1v) is 8.96. The zero-order valence-electron chi connectivity index (χ0n) is 15.3. The highest BCUT2D eigenvalue weighted by Gasteiger charge is 2.32. The molecule has 0 amide bonds. The zero-order chi connectivity index (χ0) is 19.3. The number of aromatic nitrogens is 2. The van der Waals surface area contributed by atoms with E-state index in [1.54, 1.807) is 35.9 Å². The summed E-state index contributed by atoms with van der Waals surface area (Å²) >= 11 is 6.28. The first-order valence-electron chi connectivity index (χ1n) is 8.58. The van der Waals surface area contributed by atoms with Gasteiger partial charge in [-0.3, -0.25) is 13.9 Å². The molecule has 7 heteroatoms. The fourth-order valence-electron chi connectivity index (χ4n) is 3.45. The maximum atomic E-state index is 13.2. The summed E-state index contributed by atoms with van der Waals surface area (Å²) in [5, 5.41) is 0.800. The van der Waals surface area contributed by atoms with E-state index >= 15 is 0 Å². The summed E-state index contributed by atoms with van der Waals surface area (Å²) in [6.07, 6.45) is 0. The number of benzene rings is 2. The molecule has 0 unspecified atom stereocenters. The van der Waals surface area contributed by atoms with Crippen LogP contribution in [0.15, 0.2) is 46.0 Å². The zero-order valence-corrected chi connectivity index (χ0v) is 16.0. The third kappa shape index (κ3) is 2.90. The van der Waals surface area contributed by atoms with E-state index in [1.807, 2.05) is 26.0 Å². The Labute approximate surface area is 160 Å². The van der Waals surface area contributed by atoms with Crippen LogP contribution >= 0.6 is 11.6 Å². The molecule has 6 nitrogen and oxygen atoms in total. The van der Waals surface area contributed by atoms with E-state index in [2.05, 4.69) is 0 Å².